The van der Waals surface area contributed by atoms with Gasteiger partial charge in [0, 0.05) is 25.4 Å². The molecule has 0 saturated carbocycles. The van der Waals surface area contributed by atoms with E-state index < -0.39 is 0 Å². The summed E-state index contributed by atoms with van der Waals surface area (Å²) >= 11 is 15.7. The van der Waals surface area contributed by atoms with Crippen molar-refractivity contribution >= 4 is 69.9 Å². The fourth-order valence-electron chi connectivity index (χ4n) is 3.74. The van der Waals surface area contributed by atoms with E-state index in [0.717, 1.165) is 26.7 Å². The number of nitrogens with zero attached hydrogens (tertiary/aromatic N) is 2. The summed E-state index contributed by atoms with van der Waals surface area (Å²) in [6.45, 7) is 0.0363. The number of fused-ring (bicyclic) bond motifs is 2. The Labute approximate surface area is 204 Å². The van der Waals surface area contributed by atoms with Gasteiger partial charge in [0.1, 0.15) is 11.9 Å². The van der Waals surface area contributed by atoms with Crippen molar-refractivity contribution in [3.05, 3.63) is 82.3 Å². The first kappa shape index (κ1) is 21.5. The lowest BCUT2D eigenvalue weighted by Gasteiger charge is -2.33. The summed E-state index contributed by atoms with van der Waals surface area (Å²) in [6, 6.07) is 20.9. The maximum absolute atomic E-state index is 13.2. The van der Waals surface area contributed by atoms with Crippen LogP contribution in [0.4, 0.5) is 11.4 Å². The van der Waals surface area contributed by atoms with E-state index in [2.05, 4.69) is 5.43 Å². The predicted molar refractivity (Wildman–Crippen MR) is 131 cm³/mol. The number of thioether (sulfide) groups is 1. The van der Waals surface area contributed by atoms with Gasteiger partial charge in [0.05, 0.1) is 17.1 Å². The maximum atomic E-state index is 13.2. The van der Waals surface area contributed by atoms with Gasteiger partial charge in [-0.15, -0.1) is 11.8 Å². The second kappa shape index (κ2) is 8.90. The number of carbonyl (C=O) groups excluding carboxylic acids is 2. The summed E-state index contributed by atoms with van der Waals surface area (Å²) in [5.41, 5.74) is 5.39. The van der Waals surface area contributed by atoms with Crippen LogP contribution in [0.3, 0.4) is 0 Å². The molecule has 0 aliphatic carbocycles. The molecule has 32 heavy (non-hydrogen) atoms. The number of para-hydroxylation sites is 1. The molecule has 0 bridgehead atoms. The van der Waals surface area contributed by atoms with E-state index >= 15 is 0 Å². The third-order valence-electron chi connectivity index (χ3n) is 5.17. The second-order valence-electron chi connectivity index (χ2n) is 7.25. The maximum Gasteiger partial charge on any atom is 0.258 e. The molecule has 3 aromatic rings. The monoisotopic (exact) mass is 501 g/mol. The summed E-state index contributed by atoms with van der Waals surface area (Å²) < 4.78 is 0. The van der Waals surface area contributed by atoms with E-state index in [0.29, 0.717) is 10.0 Å². The highest BCUT2D eigenvalue weighted by Gasteiger charge is 2.36. The van der Waals surface area contributed by atoms with Crippen LogP contribution in [0.25, 0.3) is 0 Å². The van der Waals surface area contributed by atoms with E-state index in [1.54, 1.807) is 17.8 Å². The lowest BCUT2D eigenvalue weighted by atomic mass is 10.2. The van der Waals surface area contributed by atoms with E-state index in [-0.39, 0.29) is 29.5 Å². The normalized spacial score (nSPS) is 17.2. The van der Waals surface area contributed by atoms with Crippen LogP contribution in [0.1, 0.15) is 10.9 Å². The van der Waals surface area contributed by atoms with Gasteiger partial charge in [-0.2, -0.15) is 0 Å². The first-order chi connectivity index (χ1) is 15.5. The molecule has 1 saturated heterocycles. The Morgan fingerprint density at radius 3 is 2.59 bits per heavy atom. The minimum Gasteiger partial charge on any atom is -0.330 e. The van der Waals surface area contributed by atoms with E-state index in [1.807, 2.05) is 65.6 Å². The van der Waals surface area contributed by atoms with Crippen LogP contribution in [-0.4, -0.2) is 29.1 Å². The zero-order chi connectivity index (χ0) is 22.2. The molecular weight excluding hydrogens is 485 g/mol. The molecule has 1 unspecified atom stereocenters. The summed E-state index contributed by atoms with van der Waals surface area (Å²) in [5.74, 6) is -0.186. The van der Waals surface area contributed by atoms with Crippen molar-refractivity contribution in [3.8, 4) is 0 Å². The number of rotatable bonds is 4. The van der Waals surface area contributed by atoms with Gasteiger partial charge >= 0.3 is 0 Å². The zero-order valence-corrected chi connectivity index (χ0v) is 19.8. The van der Waals surface area contributed by atoms with Crippen molar-refractivity contribution in [2.45, 2.75) is 15.2 Å². The third kappa shape index (κ3) is 4.06. The Kier molecular flexibility index (Phi) is 5.99. The first-order valence-corrected chi connectivity index (χ1v) is 12.4. The fourth-order valence-corrected chi connectivity index (χ4v) is 6.43. The molecule has 2 heterocycles. The number of nitrogens with one attached hydrogen (secondary N) is 1. The quantitative estimate of drug-likeness (QED) is 0.482. The van der Waals surface area contributed by atoms with Crippen molar-refractivity contribution in [2.24, 2.45) is 0 Å². The highest BCUT2D eigenvalue weighted by atomic mass is 35.5. The molecule has 2 aliphatic heterocycles. The summed E-state index contributed by atoms with van der Waals surface area (Å²) in [6.07, 6.45) is 0. The standard InChI is InChI=1S/C23H17Cl2N3O2S2/c24-14-9-10-20-18(11-14)27(17-7-3-4-8-19(17)32-20)12-21(29)26-28-22(30)13-31-23(28)15-5-1-2-6-16(15)25/h1-11,23H,12-13H2,(H,26,29). The van der Waals surface area contributed by atoms with Gasteiger partial charge < -0.3 is 4.90 Å². The molecule has 0 spiro atoms. The average molecular weight is 502 g/mol. The van der Waals surface area contributed by atoms with Crippen LogP contribution >= 0.6 is 46.7 Å². The van der Waals surface area contributed by atoms with Gasteiger partial charge in [-0.1, -0.05) is 65.3 Å². The van der Waals surface area contributed by atoms with Crippen LogP contribution in [0.15, 0.2) is 76.5 Å². The number of carbonyl (C=O) groups is 2. The molecule has 9 heteroatoms. The van der Waals surface area contributed by atoms with Crippen molar-refractivity contribution < 1.29 is 9.59 Å². The van der Waals surface area contributed by atoms with Crippen molar-refractivity contribution in [2.75, 3.05) is 17.2 Å². The van der Waals surface area contributed by atoms with Crippen molar-refractivity contribution in [1.82, 2.24) is 10.4 Å². The Bertz CT molecular complexity index is 1220. The SMILES string of the molecule is O=C(CN1c2ccccc2Sc2ccc(Cl)cc21)NN1C(=O)CSC1c1ccccc1Cl. The molecule has 5 nitrogen and oxygen atoms in total. The molecule has 1 atom stereocenters. The topological polar surface area (TPSA) is 52.7 Å². The van der Waals surface area contributed by atoms with Gasteiger partial charge in [0.25, 0.3) is 11.8 Å². The Hall–Kier alpha value is -2.32. The summed E-state index contributed by atoms with van der Waals surface area (Å²) in [4.78, 5) is 29.7. The average Bonchev–Trinajstić information content (AvgIpc) is 3.14. The number of benzene rings is 3. The van der Waals surface area contributed by atoms with Gasteiger partial charge in [-0.25, -0.2) is 5.01 Å². The molecule has 0 radical (unpaired) electrons. The van der Waals surface area contributed by atoms with Gasteiger partial charge in [0.15, 0.2) is 0 Å². The first-order valence-electron chi connectivity index (χ1n) is 9.83. The van der Waals surface area contributed by atoms with Crippen LogP contribution in [-0.2, 0) is 9.59 Å². The van der Waals surface area contributed by atoms with Crippen LogP contribution in [0, 0.1) is 0 Å². The van der Waals surface area contributed by atoms with Crippen molar-refractivity contribution in [3.63, 3.8) is 0 Å². The minimum absolute atomic E-state index is 0.0363. The third-order valence-corrected chi connectivity index (χ3v) is 8.08. The largest absolute Gasteiger partial charge is 0.330 e. The molecular formula is C23H17Cl2N3O2S2. The number of halogens is 2. The summed E-state index contributed by atoms with van der Waals surface area (Å²) in [5, 5.41) is 2.17. The van der Waals surface area contributed by atoms with E-state index in [1.165, 1.54) is 16.8 Å². The molecule has 5 rings (SSSR count). The lowest BCUT2D eigenvalue weighted by Crippen LogP contribution is -2.48. The molecule has 1 N–H and O–H groups in total. The smallest absolute Gasteiger partial charge is 0.258 e. The summed E-state index contributed by atoms with van der Waals surface area (Å²) in [7, 11) is 0. The van der Waals surface area contributed by atoms with Gasteiger partial charge in [-0.05, 0) is 36.4 Å². The molecule has 162 valence electrons. The molecule has 0 aromatic heterocycles. The van der Waals surface area contributed by atoms with Crippen LogP contribution < -0.4 is 10.3 Å². The highest BCUT2D eigenvalue weighted by Crippen LogP contribution is 2.48. The zero-order valence-electron chi connectivity index (χ0n) is 16.6. The Morgan fingerprint density at radius 1 is 1.00 bits per heavy atom. The highest BCUT2D eigenvalue weighted by molar-refractivity contribution is 8.00. The second-order valence-corrected chi connectivity index (χ2v) is 10.2. The van der Waals surface area contributed by atoms with E-state index in [4.69, 9.17) is 23.2 Å². The molecule has 2 aliphatic rings. The van der Waals surface area contributed by atoms with Gasteiger partial charge in [-0.3, -0.25) is 15.0 Å². The number of amides is 2. The number of hydrazine groups is 1. The Morgan fingerprint density at radius 2 is 1.75 bits per heavy atom. The molecule has 2 amide bonds. The van der Waals surface area contributed by atoms with Gasteiger partial charge in [0.2, 0.25) is 0 Å². The lowest BCUT2D eigenvalue weighted by molar-refractivity contribution is -0.138. The fraction of sp³-hybridized carbons (Fsp3) is 0.130. The van der Waals surface area contributed by atoms with Crippen molar-refractivity contribution in [1.29, 1.82) is 0 Å². The Balaban J connectivity index is 1.41. The van der Waals surface area contributed by atoms with Crippen LogP contribution in [0.5, 0.6) is 0 Å². The molecule has 1 fully saturated rings. The number of hydrogen-bond donors (Lipinski definition) is 1. The number of anilines is 2. The van der Waals surface area contributed by atoms with Crippen LogP contribution in [0.2, 0.25) is 10.0 Å². The minimum atomic E-state index is -0.369. The van der Waals surface area contributed by atoms with E-state index in [9.17, 15) is 9.59 Å². The molecule has 3 aromatic carbocycles. The predicted octanol–water partition coefficient (Wildman–Crippen LogP) is 5.90. The number of hydrogen-bond acceptors (Lipinski definition) is 5.